The fraction of sp³-hybridized carbons (Fsp3) is 0.625. The summed E-state index contributed by atoms with van der Waals surface area (Å²) >= 11 is 0. The van der Waals surface area contributed by atoms with Crippen molar-refractivity contribution in [3.63, 3.8) is 0 Å². The molecule has 0 aromatic carbocycles. The average Bonchev–Trinajstić information content (AvgIpc) is 2.66. The first-order valence-electron chi connectivity index (χ1n) is 4.17. The summed E-state index contributed by atoms with van der Waals surface area (Å²) in [6.45, 7) is 0.621. The zero-order valence-electron chi connectivity index (χ0n) is 8.15. The van der Waals surface area contributed by atoms with Gasteiger partial charge < -0.3 is 13.9 Å². The Labute approximate surface area is 81.2 Å². The fourth-order valence-corrected chi connectivity index (χ4v) is 0.892. The predicted octanol–water partition coefficient (Wildman–Crippen LogP) is 0.435. The highest BCUT2D eigenvalue weighted by molar-refractivity contribution is 5.83. The van der Waals surface area contributed by atoms with Gasteiger partial charge in [-0.25, -0.2) is 4.79 Å². The second-order valence-electron chi connectivity index (χ2n) is 2.59. The van der Waals surface area contributed by atoms with Crippen LogP contribution in [0.3, 0.4) is 0 Å². The Morgan fingerprint density at radius 1 is 1.43 bits per heavy atom. The van der Waals surface area contributed by atoms with Crippen LogP contribution in [-0.4, -0.2) is 37.0 Å². The topological polar surface area (TPSA) is 74.5 Å². The molecule has 1 rings (SSSR count). The highest BCUT2D eigenvalue weighted by atomic mass is 16.5. The van der Waals surface area contributed by atoms with Crippen molar-refractivity contribution in [3.8, 4) is 0 Å². The molecule has 0 fully saturated rings. The second-order valence-corrected chi connectivity index (χ2v) is 2.59. The van der Waals surface area contributed by atoms with Crippen LogP contribution in [0.5, 0.6) is 0 Å². The van der Waals surface area contributed by atoms with Crippen LogP contribution < -0.4 is 0 Å². The molecule has 6 nitrogen and oxygen atoms in total. The third-order valence-corrected chi connectivity index (χ3v) is 1.57. The van der Waals surface area contributed by atoms with Crippen molar-refractivity contribution in [2.75, 3.05) is 20.8 Å². The molecule has 1 aromatic heterocycles. The molecule has 0 aliphatic heterocycles. The summed E-state index contributed by atoms with van der Waals surface area (Å²) in [6, 6.07) is 0. The minimum Gasteiger partial charge on any atom is -0.462 e. The molecule has 0 atom stereocenters. The molecule has 1 aromatic rings. The van der Waals surface area contributed by atoms with E-state index in [-0.39, 0.29) is 5.89 Å². The number of hydrogen-bond donors (Lipinski definition) is 0. The van der Waals surface area contributed by atoms with Gasteiger partial charge in [0.15, 0.2) is 0 Å². The third kappa shape index (κ3) is 2.81. The number of aryl methyl sites for hydroxylation is 1. The van der Waals surface area contributed by atoms with Gasteiger partial charge in [-0.2, -0.15) is 0 Å². The molecule has 0 radical (unpaired) electrons. The van der Waals surface area contributed by atoms with Crippen molar-refractivity contribution < 1.29 is 18.7 Å². The van der Waals surface area contributed by atoms with Gasteiger partial charge >= 0.3 is 11.9 Å². The van der Waals surface area contributed by atoms with E-state index in [1.807, 2.05) is 0 Å². The standard InChI is InChI=1S/C8H12N2O4/c1-12-5-3-4-6-9-10-7(14-6)8(11)13-2/h3-5H2,1-2H3. The van der Waals surface area contributed by atoms with Crippen molar-refractivity contribution >= 4 is 5.97 Å². The SMILES string of the molecule is COCCCc1nnc(C(=O)OC)o1. The average molecular weight is 200 g/mol. The van der Waals surface area contributed by atoms with Gasteiger partial charge in [-0.1, -0.05) is 0 Å². The first-order valence-corrected chi connectivity index (χ1v) is 4.17. The smallest absolute Gasteiger partial charge is 0.396 e. The summed E-state index contributed by atoms with van der Waals surface area (Å²) in [5.41, 5.74) is 0. The maximum absolute atomic E-state index is 10.9. The van der Waals surface area contributed by atoms with E-state index in [0.717, 1.165) is 6.42 Å². The highest BCUT2D eigenvalue weighted by Gasteiger charge is 2.14. The van der Waals surface area contributed by atoms with Gasteiger partial charge in [0.05, 0.1) is 7.11 Å². The maximum Gasteiger partial charge on any atom is 0.396 e. The molecule has 0 spiro atoms. The predicted molar refractivity (Wildman–Crippen MR) is 45.8 cm³/mol. The molecule has 0 aliphatic carbocycles. The van der Waals surface area contributed by atoms with Crippen LogP contribution in [0, 0.1) is 0 Å². The van der Waals surface area contributed by atoms with Crippen LogP contribution in [0.15, 0.2) is 4.42 Å². The largest absolute Gasteiger partial charge is 0.462 e. The van der Waals surface area contributed by atoms with Crippen LogP contribution >= 0.6 is 0 Å². The molecular formula is C8H12N2O4. The van der Waals surface area contributed by atoms with Crippen LogP contribution in [0.1, 0.15) is 23.0 Å². The van der Waals surface area contributed by atoms with Crippen molar-refractivity contribution in [1.29, 1.82) is 0 Å². The van der Waals surface area contributed by atoms with Crippen molar-refractivity contribution in [3.05, 3.63) is 11.8 Å². The zero-order valence-corrected chi connectivity index (χ0v) is 8.15. The van der Waals surface area contributed by atoms with E-state index >= 15 is 0 Å². The summed E-state index contributed by atoms with van der Waals surface area (Å²) < 4.78 is 14.3. The fourth-order valence-electron chi connectivity index (χ4n) is 0.892. The van der Waals surface area contributed by atoms with E-state index in [1.54, 1.807) is 7.11 Å². The number of hydrogen-bond acceptors (Lipinski definition) is 6. The minimum absolute atomic E-state index is 0.111. The number of rotatable bonds is 5. The molecule has 0 N–H and O–H groups in total. The Hall–Kier alpha value is -1.43. The lowest BCUT2D eigenvalue weighted by atomic mass is 10.3. The van der Waals surface area contributed by atoms with Crippen LogP contribution in [0.2, 0.25) is 0 Å². The number of methoxy groups -OCH3 is 2. The Kier molecular flexibility index (Phi) is 4.06. The number of carbonyl (C=O) groups is 1. The van der Waals surface area contributed by atoms with Gasteiger partial charge in [0.1, 0.15) is 0 Å². The highest BCUT2D eigenvalue weighted by Crippen LogP contribution is 2.03. The van der Waals surface area contributed by atoms with Crippen LogP contribution in [-0.2, 0) is 15.9 Å². The lowest BCUT2D eigenvalue weighted by Gasteiger charge is -1.93. The van der Waals surface area contributed by atoms with E-state index in [9.17, 15) is 4.79 Å². The van der Waals surface area contributed by atoms with Gasteiger partial charge in [0, 0.05) is 20.1 Å². The summed E-state index contributed by atoms with van der Waals surface area (Å²) in [5.74, 6) is -0.308. The molecule has 0 aliphatic rings. The molecule has 0 saturated heterocycles. The molecular weight excluding hydrogens is 188 g/mol. The molecule has 1 heterocycles. The number of ether oxygens (including phenoxy) is 2. The van der Waals surface area contributed by atoms with Gasteiger partial charge in [-0.05, 0) is 6.42 Å². The summed E-state index contributed by atoms with van der Waals surface area (Å²) in [6.07, 6.45) is 1.37. The van der Waals surface area contributed by atoms with Crippen molar-refractivity contribution in [1.82, 2.24) is 10.2 Å². The summed E-state index contributed by atoms with van der Waals surface area (Å²) in [5, 5.41) is 7.22. The number of esters is 1. The lowest BCUT2D eigenvalue weighted by molar-refractivity contribution is 0.0553. The molecule has 0 bridgehead atoms. The van der Waals surface area contributed by atoms with Gasteiger partial charge in [0.2, 0.25) is 5.89 Å². The molecule has 78 valence electrons. The van der Waals surface area contributed by atoms with Crippen molar-refractivity contribution in [2.45, 2.75) is 12.8 Å². The number of nitrogens with zero attached hydrogens (tertiary/aromatic N) is 2. The van der Waals surface area contributed by atoms with E-state index in [0.29, 0.717) is 18.9 Å². The summed E-state index contributed by atoms with van der Waals surface area (Å²) in [7, 11) is 2.88. The molecule has 0 amide bonds. The first kappa shape index (κ1) is 10.6. The Balaban J connectivity index is 2.46. The lowest BCUT2D eigenvalue weighted by Crippen LogP contribution is -2.00. The Morgan fingerprint density at radius 3 is 2.86 bits per heavy atom. The van der Waals surface area contributed by atoms with Gasteiger partial charge in [0.25, 0.3) is 0 Å². The molecule has 14 heavy (non-hydrogen) atoms. The number of carbonyl (C=O) groups excluding carboxylic acids is 1. The molecule has 6 heteroatoms. The monoisotopic (exact) mass is 200 g/mol. The normalized spacial score (nSPS) is 10.1. The minimum atomic E-state index is -0.615. The molecule has 0 unspecified atom stereocenters. The van der Waals surface area contributed by atoms with Gasteiger partial charge in [-0.15, -0.1) is 10.2 Å². The Morgan fingerprint density at radius 2 is 2.21 bits per heavy atom. The zero-order chi connectivity index (χ0) is 10.4. The van der Waals surface area contributed by atoms with E-state index in [4.69, 9.17) is 9.15 Å². The summed E-state index contributed by atoms with van der Waals surface area (Å²) in [4.78, 5) is 10.9. The van der Waals surface area contributed by atoms with E-state index in [1.165, 1.54) is 7.11 Å². The van der Waals surface area contributed by atoms with E-state index < -0.39 is 5.97 Å². The number of aromatic nitrogens is 2. The third-order valence-electron chi connectivity index (χ3n) is 1.57. The Bertz CT molecular complexity index is 297. The van der Waals surface area contributed by atoms with Crippen LogP contribution in [0.25, 0.3) is 0 Å². The first-order chi connectivity index (χ1) is 6.77. The van der Waals surface area contributed by atoms with Crippen LogP contribution in [0.4, 0.5) is 0 Å². The van der Waals surface area contributed by atoms with Crippen molar-refractivity contribution in [2.24, 2.45) is 0 Å². The second kappa shape index (κ2) is 5.33. The van der Waals surface area contributed by atoms with E-state index in [2.05, 4.69) is 14.9 Å². The quantitative estimate of drug-likeness (QED) is 0.507. The molecule has 0 saturated carbocycles. The maximum atomic E-state index is 10.9. The van der Waals surface area contributed by atoms with Gasteiger partial charge in [-0.3, -0.25) is 0 Å².